The zero-order chi connectivity index (χ0) is 9.40. The van der Waals surface area contributed by atoms with Crippen molar-refractivity contribution in [3.63, 3.8) is 0 Å². The fourth-order valence-corrected chi connectivity index (χ4v) is 0.826. The number of methoxy groups -OCH3 is 2. The lowest BCUT2D eigenvalue weighted by Gasteiger charge is -2.04. The van der Waals surface area contributed by atoms with Crippen molar-refractivity contribution in [2.75, 3.05) is 27.4 Å². The molecule has 0 unspecified atom stereocenters. The molecule has 0 saturated heterocycles. The molecule has 0 aliphatic carbocycles. The predicted octanol–water partition coefficient (Wildman–Crippen LogP) is 2.17. The molecule has 0 aromatic rings. The lowest BCUT2D eigenvalue weighted by Crippen LogP contribution is -1.95. The molecular weight excluding hydrogens is 152 g/mol. The van der Waals surface area contributed by atoms with Gasteiger partial charge in [0.25, 0.3) is 0 Å². The first kappa shape index (κ1) is 11.4. The molecule has 12 heavy (non-hydrogen) atoms. The van der Waals surface area contributed by atoms with E-state index in [0.717, 1.165) is 18.6 Å². The van der Waals surface area contributed by atoms with Crippen molar-refractivity contribution in [1.82, 2.24) is 0 Å². The molecule has 0 aromatic heterocycles. The number of ether oxygens (including phenoxy) is 2. The van der Waals surface area contributed by atoms with E-state index in [0.29, 0.717) is 6.61 Å². The molecule has 0 atom stereocenters. The standard InChI is InChI=1S/C10H18O2/c1-9(6-5-7-11-3)10(2)8-12-4/h6H,2,5,7-8H2,1,3-4H3/b9-6+. The smallest absolute Gasteiger partial charge is 0.0709 e. The van der Waals surface area contributed by atoms with Crippen LogP contribution in [-0.2, 0) is 9.47 Å². The van der Waals surface area contributed by atoms with Crippen molar-refractivity contribution in [2.45, 2.75) is 13.3 Å². The van der Waals surface area contributed by atoms with Gasteiger partial charge in [-0.05, 0) is 18.9 Å². The highest BCUT2D eigenvalue weighted by Crippen LogP contribution is 2.07. The summed E-state index contributed by atoms with van der Waals surface area (Å²) >= 11 is 0. The Bertz CT molecular complexity index is 159. The van der Waals surface area contributed by atoms with Gasteiger partial charge in [-0.3, -0.25) is 0 Å². The Morgan fingerprint density at radius 1 is 1.33 bits per heavy atom. The van der Waals surface area contributed by atoms with Gasteiger partial charge in [-0.15, -0.1) is 0 Å². The molecule has 0 bridgehead atoms. The summed E-state index contributed by atoms with van der Waals surface area (Å²) in [5.74, 6) is 0. The van der Waals surface area contributed by atoms with E-state index in [2.05, 4.69) is 12.7 Å². The largest absolute Gasteiger partial charge is 0.384 e. The average Bonchev–Trinajstić information content (AvgIpc) is 2.05. The van der Waals surface area contributed by atoms with Crippen LogP contribution in [0.1, 0.15) is 13.3 Å². The molecule has 2 nitrogen and oxygen atoms in total. The Kier molecular flexibility index (Phi) is 6.72. The van der Waals surface area contributed by atoms with Gasteiger partial charge in [0.05, 0.1) is 6.61 Å². The summed E-state index contributed by atoms with van der Waals surface area (Å²) in [7, 11) is 3.38. The summed E-state index contributed by atoms with van der Waals surface area (Å²) in [5, 5.41) is 0. The van der Waals surface area contributed by atoms with Crippen LogP contribution < -0.4 is 0 Å². The van der Waals surface area contributed by atoms with Crippen LogP contribution in [-0.4, -0.2) is 27.4 Å². The molecule has 0 aromatic carbocycles. The van der Waals surface area contributed by atoms with Gasteiger partial charge in [0.1, 0.15) is 0 Å². The molecule has 0 spiro atoms. The summed E-state index contributed by atoms with van der Waals surface area (Å²) < 4.78 is 9.89. The van der Waals surface area contributed by atoms with Crippen LogP contribution in [0.4, 0.5) is 0 Å². The Balaban J connectivity index is 3.74. The van der Waals surface area contributed by atoms with Crippen LogP contribution in [0.25, 0.3) is 0 Å². The summed E-state index contributed by atoms with van der Waals surface area (Å²) in [6, 6.07) is 0. The van der Waals surface area contributed by atoms with Gasteiger partial charge >= 0.3 is 0 Å². The van der Waals surface area contributed by atoms with Gasteiger partial charge in [-0.25, -0.2) is 0 Å². The first-order valence-corrected chi connectivity index (χ1v) is 4.05. The molecule has 0 N–H and O–H groups in total. The van der Waals surface area contributed by atoms with Gasteiger partial charge in [-0.2, -0.15) is 0 Å². The summed E-state index contributed by atoms with van der Waals surface area (Å²) in [6.07, 6.45) is 3.05. The molecule has 0 heterocycles. The van der Waals surface area contributed by atoms with Crippen LogP contribution >= 0.6 is 0 Å². The maximum absolute atomic E-state index is 4.96. The Labute approximate surface area is 74.9 Å². The summed E-state index contributed by atoms with van der Waals surface area (Å²) in [5.41, 5.74) is 2.22. The number of hydrogen-bond acceptors (Lipinski definition) is 2. The van der Waals surface area contributed by atoms with Crippen LogP contribution in [0.3, 0.4) is 0 Å². The Morgan fingerprint density at radius 3 is 2.50 bits per heavy atom. The van der Waals surface area contributed by atoms with Gasteiger partial charge in [0.15, 0.2) is 0 Å². The fraction of sp³-hybridized carbons (Fsp3) is 0.600. The van der Waals surface area contributed by atoms with E-state index in [1.807, 2.05) is 6.92 Å². The monoisotopic (exact) mass is 170 g/mol. The van der Waals surface area contributed by atoms with E-state index < -0.39 is 0 Å². The van der Waals surface area contributed by atoms with Gasteiger partial charge in [-0.1, -0.05) is 18.2 Å². The predicted molar refractivity (Wildman–Crippen MR) is 51.3 cm³/mol. The van der Waals surface area contributed by atoms with Crippen molar-refractivity contribution < 1.29 is 9.47 Å². The molecule has 0 rings (SSSR count). The van der Waals surface area contributed by atoms with Crippen LogP contribution in [0.5, 0.6) is 0 Å². The quantitative estimate of drug-likeness (QED) is 0.449. The number of hydrogen-bond donors (Lipinski definition) is 0. The molecule has 0 amide bonds. The van der Waals surface area contributed by atoms with E-state index >= 15 is 0 Å². The average molecular weight is 170 g/mol. The minimum absolute atomic E-state index is 0.606. The first-order chi connectivity index (χ1) is 5.72. The third kappa shape index (κ3) is 5.10. The normalized spacial score (nSPS) is 11.8. The molecule has 0 saturated carbocycles. The van der Waals surface area contributed by atoms with E-state index in [4.69, 9.17) is 9.47 Å². The zero-order valence-corrected chi connectivity index (χ0v) is 8.22. The molecule has 70 valence electrons. The summed E-state index contributed by atoms with van der Waals surface area (Å²) in [4.78, 5) is 0. The highest BCUT2D eigenvalue weighted by atomic mass is 16.5. The highest BCUT2D eigenvalue weighted by Gasteiger charge is 1.94. The van der Waals surface area contributed by atoms with Crippen molar-refractivity contribution in [3.05, 3.63) is 23.8 Å². The third-order valence-corrected chi connectivity index (χ3v) is 1.65. The molecule has 0 radical (unpaired) electrons. The van der Waals surface area contributed by atoms with E-state index in [1.165, 1.54) is 5.57 Å². The van der Waals surface area contributed by atoms with E-state index in [9.17, 15) is 0 Å². The maximum atomic E-state index is 4.96. The minimum Gasteiger partial charge on any atom is -0.384 e. The van der Waals surface area contributed by atoms with Crippen molar-refractivity contribution >= 4 is 0 Å². The molecule has 0 aliphatic heterocycles. The Morgan fingerprint density at radius 2 is 2.00 bits per heavy atom. The van der Waals surface area contributed by atoms with Crippen molar-refractivity contribution in [1.29, 1.82) is 0 Å². The second-order valence-electron chi connectivity index (χ2n) is 2.71. The van der Waals surface area contributed by atoms with Crippen LogP contribution in [0.15, 0.2) is 23.8 Å². The Hall–Kier alpha value is -0.600. The molecular formula is C10H18O2. The topological polar surface area (TPSA) is 18.5 Å². The lowest BCUT2D eigenvalue weighted by molar-refractivity contribution is 0.204. The lowest BCUT2D eigenvalue weighted by atomic mass is 10.1. The molecule has 0 fully saturated rings. The second-order valence-corrected chi connectivity index (χ2v) is 2.71. The van der Waals surface area contributed by atoms with Crippen LogP contribution in [0, 0.1) is 0 Å². The SMILES string of the molecule is C=C(COC)/C(C)=C/CCOC. The van der Waals surface area contributed by atoms with E-state index in [-0.39, 0.29) is 0 Å². The highest BCUT2D eigenvalue weighted by molar-refractivity contribution is 5.26. The van der Waals surface area contributed by atoms with Gasteiger partial charge in [0, 0.05) is 20.8 Å². The maximum Gasteiger partial charge on any atom is 0.0709 e. The first-order valence-electron chi connectivity index (χ1n) is 4.05. The van der Waals surface area contributed by atoms with Crippen molar-refractivity contribution in [2.24, 2.45) is 0 Å². The minimum atomic E-state index is 0.606. The number of rotatable bonds is 6. The van der Waals surface area contributed by atoms with Gasteiger partial charge < -0.3 is 9.47 Å². The van der Waals surface area contributed by atoms with Gasteiger partial charge in [0.2, 0.25) is 0 Å². The third-order valence-electron chi connectivity index (χ3n) is 1.65. The zero-order valence-electron chi connectivity index (χ0n) is 8.22. The van der Waals surface area contributed by atoms with Crippen LogP contribution in [0.2, 0.25) is 0 Å². The van der Waals surface area contributed by atoms with E-state index in [1.54, 1.807) is 14.2 Å². The van der Waals surface area contributed by atoms with Crippen molar-refractivity contribution in [3.8, 4) is 0 Å². The fourth-order valence-electron chi connectivity index (χ4n) is 0.826. The second kappa shape index (κ2) is 7.07. The summed E-state index contributed by atoms with van der Waals surface area (Å²) in [6.45, 7) is 7.30. The molecule has 2 heteroatoms. The molecule has 0 aliphatic rings.